The molecule has 1 saturated heterocycles. The van der Waals surface area contributed by atoms with Gasteiger partial charge in [-0.2, -0.15) is 0 Å². The van der Waals surface area contributed by atoms with Crippen molar-refractivity contribution in [2.75, 3.05) is 32.7 Å². The third-order valence-corrected chi connectivity index (χ3v) is 6.34. The van der Waals surface area contributed by atoms with Gasteiger partial charge in [0.05, 0.1) is 0 Å². The summed E-state index contributed by atoms with van der Waals surface area (Å²) in [6, 6.07) is 15.9. The molecule has 2 aliphatic carbocycles. The van der Waals surface area contributed by atoms with Crippen LogP contribution in [0.2, 0.25) is 0 Å². The molecule has 2 fully saturated rings. The number of halogens is 2. The second kappa shape index (κ2) is 8.31. The van der Waals surface area contributed by atoms with E-state index in [-0.39, 0.29) is 24.8 Å². The van der Waals surface area contributed by atoms with Crippen LogP contribution >= 0.6 is 24.8 Å². The molecule has 2 atom stereocenters. The minimum Gasteiger partial charge on any atom is -0.314 e. The van der Waals surface area contributed by atoms with E-state index >= 15 is 0 Å². The van der Waals surface area contributed by atoms with Crippen molar-refractivity contribution in [1.82, 2.24) is 10.2 Å². The van der Waals surface area contributed by atoms with Crippen LogP contribution in [0.4, 0.5) is 0 Å². The Morgan fingerprint density at radius 3 is 2.42 bits per heavy atom. The zero-order chi connectivity index (χ0) is 15.9. The summed E-state index contributed by atoms with van der Waals surface area (Å²) >= 11 is 0. The zero-order valence-corrected chi connectivity index (χ0v) is 16.7. The van der Waals surface area contributed by atoms with Crippen LogP contribution in [0.3, 0.4) is 0 Å². The van der Waals surface area contributed by atoms with Crippen LogP contribution in [0.15, 0.2) is 48.0 Å². The second-order valence-corrected chi connectivity index (χ2v) is 7.73. The molecule has 0 amide bonds. The number of fused-ring (bicyclic) bond motifs is 3. The lowest BCUT2D eigenvalue weighted by molar-refractivity contribution is 0.253. The largest absolute Gasteiger partial charge is 0.314 e. The molecule has 1 N–H and O–H groups in total. The lowest BCUT2D eigenvalue weighted by Crippen LogP contribution is -2.44. The van der Waals surface area contributed by atoms with Crippen molar-refractivity contribution in [3.63, 3.8) is 0 Å². The first-order valence-electron chi connectivity index (χ1n) is 9.54. The molecule has 2 bridgehead atoms. The van der Waals surface area contributed by atoms with E-state index in [1.54, 1.807) is 11.1 Å². The van der Waals surface area contributed by atoms with E-state index < -0.39 is 0 Å². The number of benzene rings is 2. The molecule has 0 radical (unpaired) electrons. The molecule has 1 aliphatic heterocycles. The highest BCUT2D eigenvalue weighted by molar-refractivity contribution is 5.88. The van der Waals surface area contributed by atoms with E-state index in [9.17, 15) is 0 Å². The minimum atomic E-state index is 0. The molecular formula is C22H28Cl2N2. The summed E-state index contributed by atoms with van der Waals surface area (Å²) in [6.45, 7) is 5.89. The van der Waals surface area contributed by atoms with Crippen molar-refractivity contribution in [2.45, 2.75) is 19.3 Å². The molecule has 3 aliphatic rings. The van der Waals surface area contributed by atoms with Crippen LogP contribution in [0.1, 0.15) is 24.8 Å². The van der Waals surface area contributed by atoms with Crippen molar-refractivity contribution in [2.24, 2.45) is 11.8 Å². The molecule has 140 valence electrons. The van der Waals surface area contributed by atoms with Crippen molar-refractivity contribution in [3.8, 4) is 0 Å². The Bertz CT molecular complexity index is 796. The molecule has 0 spiro atoms. The predicted octanol–water partition coefficient (Wildman–Crippen LogP) is 4.77. The highest BCUT2D eigenvalue weighted by Gasteiger charge is 2.39. The minimum absolute atomic E-state index is 0. The first-order chi connectivity index (χ1) is 11.9. The first-order valence-corrected chi connectivity index (χ1v) is 9.54. The van der Waals surface area contributed by atoms with E-state index in [0.29, 0.717) is 0 Å². The highest BCUT2D eigenvalue weighted by atomic mass is 35.5. The molecule has 26 heavy (non-hydrogen) atoms. The van der Waals surface area contributed by atoms with Crippen molar-refractivity contribution in [1.29, 1.82) is 0 Å². The molecule has 2 nitrogen and oxygen atoms in total. The third-order valence-electron chi connectivity index (χ3n) is 6.34. The van der Waals surface area contributed by atoms with Gasteiger partial charge in [-0.3, -0.25) is 4.90 Å². The quantitative estimate of drug-likeness (QED) is 0.811. The maximum Gasteiger partial charge on any atom is 0.0202 e. The molecule has 4 heteroatoms. The molecule has 1 heterocycles. The number of nitrogens with one attached hydrogen (secondary N) is 1. The molecule has 0 aromatic heterocycles. The van der Waals surface area contributed by atoms with Crippen LogP contribution in [0.25, 0.3) is 16.3 Å². The van der Waals surface area contributed by atoms with Gasteiger partial charge in [-0.15, -0.1) is 24.8 Å². The van der Waals surface area contributed by atoms with E-state index in [2.05, 4.69) is 52.7 Å². The van der Waals surface area contributed by atoms with Crippen LogP contribution < -0.4 is 5.32 Å². The number of hydrogen-bond donors (Lipinski definition) is 1. The Morgan fingerprint density at radius 2 is 1.62 bits per heavy atom. The fourth-order valence-electron chi connectivity index (χ4n) is 5.14. The van der Waals surface area contributed by atoms with Gasteiger partial charge < -0.3 is 5.32 Å². The second-order valence-electron chi connectivity index (χ2n) is 7.73. The topological polar surface area (TPSA) is 15.3 Å². The summed E-state index contributed by atoms with van der Waals surface area (Å²) in [5.41, 5.74) is 4.96. The molecule has 2 aromatic carbocycles. The van der Waals surface area contributed by atoms with Crippen LogP contribution in [0.5, 0.6) is 0 Å². The lowest BCUT2D eigenvalue weighted by Gasteiger charge is -2.31. The van der Waals surface area contributed by atoms with E-state index in [4.69, 9.17) is 0 Å². The fraction of sp³-hybridized carbons (Fsp3) is 0.455. The zero-order valence-electron chi connectivity index (χ0n) is 15.1. The fourth-order valence-corrected chi connectivity index (χ4v) is 5.14. The lowest BCUT2D eigenvalue weighted by atomic mass is 9.86. The van der Waals surface area contributed by atoms with Crippen LogP contribution in [0, 0.1) is 11.8 Å². The predicted molar refractivity (Wildman–Crippen MR) is 116 cm³/mol. The van der Waals surface area contributed by atoms with Gasteiger partial charge in [0.25, 0.3) is 0 Å². The van der Waals surface area contributed by atoms with E-state index in [1.165, 1.54) is 55.2 Å². The van der Waals surface area contributed by atoms with Gasteiger partial charge in [-0.1, -0.05) is 36.4 Å². The van der Waals surface area contributed by atoms with Crippen molar-refractivity contribution in [3.05, 3.63) is 53.6 Å². The van der Waals surface area contributed by atoms with Crippen molar-refractivity contribution < 1.29 is 0 Å². The van der Waals surface area contributed by atoms with E-state index in [0.717, 1.165) is 24.9 Å². The Hall–Kier alpha value is -1.06. The first kappa shape index (κ1) is 19.7. The van der Waals surface area contributed by atoms with Gasteiger partial charge in [0.2, 0.25) is 0 Å². The standard InChI is InChI=1S/C22H26N2.2ClH/c1-2-4-17-13-19(7-5-16(17)3-1)22-20-8-6-18(14-20)21(22)15-24-11-9-23-10-12-24;;/h1-5,7,13,18,20,23H,6,8-12,14-15H2;2*1H. The van der Waals surface area contributed by atoms with Gasteiger partial charge in [-0.05, 0) is 64.6 Å². The number of allylic oxidation sites excluding steroid dienone is 1. The Labute approximate surface area is 168 Å². The van der Waals surface area contributed by atoms with Gasteiger partial charge >= 0.3 is 0 Å². The van der Waals surface area contributed by atoms with Crippen molar-refractivity contribution >= 4 is 41.2 Å². The van der Waals surface area contributed by atoms with Gasteiger partial charge in [0.15, 0.2) is 0 Å². The van der Waals surface area contributed by atoms with Gasteiger partial charge in [0.1, 0.15) is 0 Å². The monoisotopic (exact) mass is 390 g/mol. The molecule has 5 rings (SSSR count). The normalized spacial score (nSPS) is 25.2. The average Bonchev–Trinajstić information content (AvgIpc) is 3.24. The SMILES string of the molecule is Cl.Cl.c1ccc2cc(C3=C(CN4CCNCC4)C4CCC3C4)ccc2c1. The summed E-state index contributed by atoms with van der Waals surface area (Å²) < 4.78 is 0. The summed E-state index contributed by atoms with van der Waals surface area (Å²) in [7, 11) is 0. The van der Waals surface area contributed by atoms with Crippen LogP contribution in [-0.2, 0) is 0 Å². The maximum atomic E-state index is 3.48. The summed E-state index contributed by atoms with van der Waals surface area (Å²) in [6.07, 6.45) is 4.23. The summed E-state index contributed by atoms with van der Waals surface area (Å²) in [4.78, 5) is 2.66. The Kier molecular flexibility index (Phi) is 6.29. The molecular weight excluding hydrogens is 363 g/mol. The van der Waals surface area contributed by atoms with Crippen LogP contribution in [-0.4, -0.2) is 37.6 Å². The Balaban J connectivity index is 0.000000980. The third kappa shape index (κ3) is 3.53. The molecule has 2 aromatic rings. The van der Waals surface area contributed by atoms with E-state index in [1.807, 2.05) is 0 Å². The molecule has 1 saturated carbocycles. The maximum absolute atomic E-state index is 3.48. The summed E-state index contributed by atoms with van der Waals surface area (Å²) in [5, 5.41) is 6.22. The number of piperazine rings is 1. The molecule has 2 unspecified atom stereocenters. The smallest absolute Gasteiger partial charge is 0.0202 e. The number of nitrogens with zero attached hydrogens (tertiary/aromatic N) is 1. The van der Waals surface area contributed by atoms with Gasteiger partial charge in [-0.25, -0.2) is 0 Å². The number of hydrogen-bond acceptors (Lipinski definition) is 2. The Morgan fingerprint density at radius 1 is 0.885 bits per heavy atom. The highest BCUT2D eigenvalue weighted by Crippen LogP contribution is 2.52. The average molecular weight is 391 g/mol. The van der Waals surface area contributed by atoms with Gasteiger partial charge in [0, 0.05) is 32.7 Å². The summed E-state index contributed by atoms with van der Waals surface area (Å²) in [5.74, 6) is 1.67. The number of rotatable bonds is 3.